The monoisotopic (exact) mass is 554 g/mol. The summed E-state index contributed by atoms with van der Waals surface area (Å²) in [5.74, 6) is -0.268. The number of anilines is 1. The lowest BCUT2D eigenvalue weighted by Gasteiger charge is -2.35. The number of carbonyl (C=O) groups is 2. The molecule has 1 aromatic carbocycles. The molecule has 5 heterocycles. The van der Waals surface area contributed by atoms with Gasteiger partial charge >= 0.3 is 5.97 Å². The Balaban J connectivity index is 1.18. The molecule has 0 unspecified atom stereocenters. The van der Waals surface area contributed by atoms with E-state index in [-0.39, 0.29) is 29.6 Å². The van der Waals surface area contributed by atoms with Crippen LogP contribution in [0.4, 0.5) is 10.2 Å². The van der Waals surface area contributed by atoms with Gasteiger partial charge < -0.3 is 14.5 Å². The molecule has 210 valence electrons. The Morgan fingerprint density at radius 3 is 2.63 bits per heavy atom. The maximum Gasteiger partial charge on any atom is 0.302 e. The number of carbonyl (C=O) groups excluding carboxylic acids is 2. The molecular weight excluding hydrogens is 523 g/mol. The summed E-state index contributed by atoms with van der Waals surface area (Å²) in [4.78, 5) is 37.8. The highest BCUT2D eigenvalue weighted by Gasteiger charge is 2.33. The fourth-order valence-corrected chi connectivity index (χ4v) is 6.16. The first-order valence-corrected chi connectivity index (χ1v) is 14.2. The van der Waals surface area contributed by atoms with Crippen molar-refractivity contribution in [1.82, 2.24) is 24.5 Å². The molecular formula is C31H31FN6O3. The second-order valence-electron chi connectivity index (χ2n) is 11.2. The zero-order valence-corrected chi connectivity index (χ0v) is 23.1. The van der Waals surface area contributed by atoms with Gasteiger partial charge in [0.2, 0.25) is 5.95 Å². The van der Waals surface area contributed by atoms with Crippen molar-refractivity contribution in [3.63, 3.8) is 0 Å². The molecule has 9 nitrogen and oxygen atoms in total. The van der Waals surface area contributed by atoms with E-state index in [9.17, 15) is 9.59 Å². The molecule has 2 atom stereocenters. The van der Waals surface area contributed by atoms with Gasteiger partial charge in [0.15, 0.2) is 5.65 Å². The molecule has 2 aliphatic heterocycles. The summed E-state index contributed by atoms with van der Waals surface area (Å²) in [6.07, 6.45) is 3.30. The fraction of sp³-hybridized carbons (Fsp3) is 0.387. The molecule has 4 aromatic rings. The van der Waals surface area contributed by atoms with Gasteiger partial charge in [-0.1, -0.05) is 24.3 Å². The molecule has 2 fully saturated rings. The van der Waals surface area contributed by atoms with Crippen LogP contribution in [-0.2, 0) is 16.0 Å². The van der Waals surface area contributed by atoms with E-state index >= 15 is 4.39 Å². The van der Waals surface area contributed by atoms with E-state index in [1.54, 1.807) is 22.7 Å². The SMILES string of the molecule is CC(=O)O[C@@H]1CCN(c2ccc(-c3cc4nc(C(=O)N5CCc6ccccc6[C@H]5C)cc(C5CC5)n4n3)c(F)n2)C1. The number of halogens is 1. The minimum absolute atomic E-state index is 0.0473. The van der Waals surface area contributed by atoms with Crippen LogP contribution in [0.1, 0.15) is 72.4 Å². The molecule has 1 saturated carbocycles. The average molecular weight is 555 g/mol. The van der Waals surface area contributed by atoms with E-state index in [4.69, 9.17) is 14.8 Å². The van der Waals surface area contributed by atoms with Crippen LogP contribution in [0.2, 0.25) is 0 Å². The summed E-state index contributed by atoms with van der Waals surface area (Å²) in [5.41, 5.74) is 4.97. The molecule has 7 rings (SSSR count). The third-order valence-corrected chi connectivity index (χ3v) is 8.44. The molecule has 10 heteroatoms. The number of nitrogens with zero attached hydrogens (tertiary/aromatic N) is 6. The number of hydrogen-bond donors (Lipinski definition) is 0. The Bertz CT molecular complexity index is 1680. The quantitative estimate of drug-likeness (QED) is 0.261. The van der Waals surface area contributed by atoms with Crippen molar-refractivity contribution >= 4 is 23.3 Å². The summed E-state index contributed by atoms with van der Waals surface area (Å²) < 4.78 is 22.4. The highest BCUT2D eigenvalue weighted by Crippen LogP contribution is 2.41. The Hall–Kier alpha value is -4.34. The fourth-order valence-electron chi connectivity index (χ4n) is 6.16. The molecule has 0 N–H and O–H groups in total. The zero-order valence-electron chi connectivity index (χ0n) is 23.1. The van der Waals surface area contributed by atoms with E-state index in [1.807, 2.05) is 28.0 Å². The summed E-state index contributed by atoms with van der Waals surface area (Å²) in [6, 6.07) is 15.2. The highest BCUT2D eigenvalue weighted by atomic mass is 19.1. The van der Waals surface area contributed by atoms with Gasteiger partial charge in [-0.05, 0) is 55.5 Å². The van der Waals surface area contributed by atoms with Gasteiger partial charge in [-0.15, -0.1) is 0 Å². The largest absolute Gasteiger partial charge is 0.461 e. The Morgan fingerprint density at radius 2 is 1.85 bits per heavy atom. The number of fused-ring (bicyclic) bond motifs is 2. The summed E-state index contributed by atoms with van der Waals surface area (Å²) in [6.45, 7) is 5.19. The van der Waals surface area contributed by atoms with Crippen molar-refractivity contribution in [2.24, 2.45) is 0 Å². The summed E-state index contributed by atoms with van der Waals surface area (Å²) in [5, 5.41) is 4.71. The third-order valence-electron chi connectivity index (χ3n) is 8.44. The first-order valence-electron chi connectivity index (χ1n) is 14.2. The van der Waals surface area contributed by atoms with Crippen molar-refractivity contribution < 1.29 is 18.7 Å². The molecule has 41 heavy (non-hydrogen) atoms. The number of pyridine rings is 1. The van der Waals surface area contributed by atoms with Gasteiger partial charge in [0.05, 0.1) is 23.8 Å². The Labute approximate surface area is 237 Å². The molecule has 1 amide bonds. The molecule has 0 radical (unpaired) electrons. The van der Waals surface area contributed by atoms with Crippen molar-refractivity contribution in [1.29, 1.82) is 0 Å². The number of benzene rings is 1. The Kier molecular flexibility index (Phi) is 6.21. The van der Waals surface area contributed by atoms with E-state index in [1.165, 1.54) is 18.1 Å². The second kappa shape index (κ2) is 9.94. The minimum atomic E-state index is -0.632. The van der Waals surface area contributed by atoms with Crippen LogP contribution < -0.4 is 4.90 Å². The van der Waals surface area contributed by atoms with Crippen LogP contribution in [0.3, 0.4) is 0 Å². The molecule has 1 saturated heterocycles. The number of rotatable bonds is 5. The van der Waals surface area contributed by atoms with Crippen LogP contribution in [0.5, 0.6) is 0 Å². The molecule has 0 spiro atoms. The normalized spacial score (nSPS) is 20.4. The van der Waals surface area contributed by atoms with Crippen molar-refractivity contribution in [3.05, 3.63) is 77.0 Å². The van der Waals surface area contributed by atoms with Gasteiger partial charge in [0.1, 0.15) is 17.6 Å². The topological polar surface area (TPSA) is 92.9 Å². The van der Waals surface area contributed by atoms with Gasteiger partial charge in [0, 0.05) is 44.1 Å². The lowest BCUT2D eigenvalue weighted by Crippen LogP contribution is -2.39. The number of ether oxygens (including phenoxy) is 1. The minimum Gasteiger partial charge on any atom is -0.461 e. The van der Waals surface area contributed by atoms with E-state index in [0.717, 1.165) is 25.0 Å². The summed E-state index contributed by atoms with van der Waals surface area (Å²) in [7, 11) is 0. The first-order chi connectivity index (χ1) is 19.9. The van der Waals surface area contributed by atoms with Gasteiger partial charge in [-0.25, -0.2) is 14.5 Å². The van der Waals surface area contributed by atoms with Gasteiger partial charge in [-0.2, -0.15) is 9.49 Å². The first kappa shape index (κ1) is 25.6. The van der Waals surface area contributed by atoms with E-state index in [0.29, 0.717) is 54.8 Å². The van der Waals surface area contributed by atoms with Gasteiger partial charge in [0.25, 0.3) is 5.91 Å². The van der Waals surface area contributed by atoms with Crippen LogP contribution in [-0.4, -0.2) is 62.1 Å². The third kappa shape index (κ3) is 4.71. The van der Waals surface area contributed by atoms with Crippen LogP contribution >= 0.6 is 0 Å². The van der Waals surface area contributed by atoms with Crippen molar-refractivity contribution in [2.45, 2.75) is 57.6 Å². The predicted octanol–water partition coefficient (Wildman–Crippen LogP) is 4.71. The average Bonchev–Trinajstić information content (AvgIpc) is 3.55. The highest BCUT2D eigenvalue weighted by molar-refractivity contribution is 5.93. The van der Waals surface area contributed by atoms with Crippen molar-refractivity contribution in [3.8, 4) is 11.3 Å². The van der Waals surface area contributed by atoms with Crippen LogP contribution in [0.25, 0.3) is 16.9 Å². The standard InChI is InChI=1S/C31H31FN6O3/c1-18-23-6-4-3-5-20(23)11-14-37(18)31(40)26-15-27(21-7-8-21)38-29(33-26)16-25(35-38)24-9-10-28(34-30(24)32)36-13-12-22(17-36)41-19(2)39/h3-6,9-10,15-16,18,21-22H,7-8,11-14,17H2,1-2H3/t18-,22-/m1/s1. The lowest BCUT2D eigenvalue weighted by molar-refractivity contribution is -0.145. The Morgan fingerprint density at radius 1 is 1.02 bits per heavy atom. The summed E-state index contributed by atoms with van der Waals surface area (Å²) >= 11 is 0. The maximum atomic E-state index is 15.4. The molecule has 0 bridgehead atoms. The lowest BCUT2D eigenvalue weighted by atomic mass is 9.93. The van der Waals surface area contributed by atoms with Crippen LogP contribution in [0, 0.1) is 5.95 Å². The number of aromatic nitrogens is 4. The zero-order chi connectivity index (χ0) is 28.2. The number of amides is 1. The number of esters is 1. The number of hydrogen-bond acceptors (Lipinski definition) is 7. The molecule has 3 aliphatic rings. The molecule has 1 aliphatic carbocycles. The maximum absolute atomic E-state index is 15.4. The van der Waals surface area contributed by atoms with Crippen LogP contribution in [0.15, 0.2) is 48.5 Å². The van der Waals surface area contributed by atoms with E-state index in [2.05, 4.69) is 24.0 Å². The van der Waals surface area contributed by atoms with E-state index < -0.39 is 5.95 Å². The molecule has 3 aromatic heterocycles. The predicted molar refractivity (Wildman–Crippen MR) is 150 cm³/mol. The smallest absolute Gasteiger partial charge is 0.302 e. The second-order valence-corrected chi connectivity index (χ2v) is 11.2. The van der Waals surface area contributed by atoms with Gasteiger partial charge in [-0.3, -0.25) is 9.59 Å². The van der Waals surface area contributed by atoms with Crippen molar-refractivity contribution in [2.75, 3.05) is 24.5 Å².